The van der Waals surface area contributed by atoms with Gasteiger partial charge in [0.1, 0.15) is 6.61 Å². The van der Waals surface area contributed by atoms with E-state index in [0.29, 0.717) is 0 Å². The van der Waals surface area contributed by atoms with E-state index in [0.717, 1.165) is 6.42 Å². The molecule has 1 heteroatoms. The summed E-state index contributed by atoms with van der Waals surface area (Å²) >= 11 is 0. The van der Waals surface area contributed by atoms with Crippen molar-refractivity contribution in [3.63, 3.8) is 0 Å². The van der Waals surface area contributed by atoms with E-state index in [1.807, 2.05) is 6.08 Å². The molecule has 0 saturated carbocycles. The van der Waals surface area contributed by atoms with Crippen molar-refractivity contribution in [1.29, 1.82) is 0 Å². The molecule has 0 unspecified atom stereocenters. The molecule has 0 aliphatic rings. The molecule has 0 aromatic heterocycles. The minimum absolute atomic E-state index is 0.0658. The third-order valence-corrected chi connectivity index (χ3v) is 0.987. The maximum atomic E-state index is 9.81. The third kappa shape index (κ3) is 5.70. The van der Waals surface area contributed by atoms with Gasteiger partial charge in [-0.25, -0.2) is 5.11 Å². The molecule has 0 aliphatic carbocycles. The molecule has 0 aromatic carbocycles. The van der Waals surface area contributed by atoms with Crippen LogP contribution in [0.2, 0.25) is 0 Å². The lowest BCUT2D eigenvalue weighted by Gasteiger charge is -1.84. The van der Waals surface area contributed by atoms with E-state index in [1.54, 1.807) is 6.08 Å². The Morgan fingerprint density at radius 1 is 1.38 bits per heavy atom. The molecule has 0 heterocycles. The molecule has 0 bridgehead atoms. The highest BCUT2D eigenvalue weighted by atomic mass is 16.2. The highest BCUT2D eigenvalue weighted by Gasteiger charge is 1.75. The smallest absolute Gasteiger partial charge is 0.100 e. The molecule has 1 radical (unpaired) electrons. The van der Waals surface area contributed by atoms with Gasteiger partial charge in [-0.3, -0.25) is 0 Å². The summed E-state index contributed by atoms with van der Waals surface area (Å²) in [5.74, 6) is 0. The lowest BCUT2D eigenvalue weighted by molar-refractivity contribution is 0.232. The summed E-state index contributed by atoms with van der Waals surface area (Å²) < 4.78 is 0. The Morgan fingerprint density at radius 2 is 2.12 bits per heavy atom. The lowest BCUT2D eigenvalue weighted by atomic mass is 10.2. The first kappa shape index (κ1) is 7.70. The van der Waals surface area contributed by atoms with Crippen LogP contribution in [-0.4, -0.2) is 6.61 Å². The van der Waals surface area contributed by atoms with Crippen molar-refractivity contribution in [3.8, 4) is 0 Å². The zero-order valence-electron chi connectivity index (χ0n) is 5.39. The van der Waals surface area contributed by atoms with Crippen molar-refractivity contribution < 1.29 is 5.11 Å². The van der Waals surface area contributed by atoms with Crippen molar-refractivity contribution in [1.82, 2.24) is 0 Å². The summed E-state index contributed by atoms with van der Waals surface area (Å²) in [6, 6.07) is 0. The Kier molecular flexibility index (Phi) is 6.45. The summed E-state index contributed by atoms with van der Waals surface area (Å²) in [4.78, 5) is 0. The van der Waals surface area contributed by atoms with E-state index in [1.165, 1.54) is 12.8 Å². The fourth-order valence-electron chi connectivity index (χ4n) is 0.508. The van der Waals surface area contributed by atoms with Crippen LogP contribution in [0.15, 0.2) is 12.2 Å². The molecule has 0 fully saturated rings. The van der Waals surface area contributed by atoms with Gasteiger partial charge in [-0.05, 0) is 6.42 Å². The average Bonchev–Trinajstić information content (AvgIpc) is 1.81. The zero-order valence-corrected chi connectivity index (χ0v) is 5.39. The second-order valence-electron chi connectivity index (χ2n) is 1.78. The Hall–Kier alpha value is -0.300. The van der Waals surface area contributed by atoms with Crippen LogP contribution in [0.1, 0.15) is 26.2 Å². The molecule has 1 nitrogen and oxygen atoms in total. The predicted molar refractivity (Wildman–Crippen MR) is 34.2 cm³/mol. The van der Waals surface area contributed by atoms with Gasteiger partial charge in [0.25, 0.3) is 0 Å². The molecule has 0 aromatic rings. The number of hydrogen-bond acceptors (Lipinski definition) is 0. The largest absolute Gasteiger partial charge is 0.232 e. The summed E-state index contributed by atoms with van der Waals surface area (Å²) in [5, 5.41) is 9.81. The van der Waals surface area contributed by atoms with Crippen LogP contribution in [0.5, 0.6) is 0 Å². The van der Waals surface area contributed by atoms with Crippen LogP contribution in [0.4, 0.5) is 0 Å². The average molecular weight is 113 g/mol. The fraction of sp³-hybridized carbons (Fsp3) is 0.714. The Labute approximate surface area is 51.0 Å². The first-order valence-electron chi connectivity index (χ1n) is 3.15. The normalized spacial score (nSPS) is 10.8. The van der Waals surface area contributed by atoms with E-state index < -0.39 is 0 Å². The lowest BCUT2D eigenvalue weighted by Crippen LogP contribution is -1.69. The standard InChI is InChI=1S/C7H13O/c1-2-3-4-5-6-7-8/h5-6H,2-4,7H2,1H3/b6-5-. The molecule has 47 valence electrons. The van der Waals surface area contributed by atoms with Gasteiger partial charge in [0, 0.05) is 0 Å². The molecule has 0 saturated heterocycles. The number of unbranched alkanes of at least 4 members (excludes halogenated alkanes) is 2. The Morgan fingerprint density at radius 3 is 2.62 bits per heavy atom. The predicted octanol–water partition coefficient (Wildman–Crippen LogP) is 2.16. The second kappa shape index (κ2) is 6.70. The summed E-state index contributed by atoms with van der Waals surface area (Å²) in [5.41, 5.74) is 0. The maximum absolute atomic E-state index is 9.81. The van der Waals surface area contributed by atoms with E-state index in [-0.39, 0.29) is 6.61 Å². The SMILES string of the molecule is CCCC/C=C\C[O]. The van der Waals surface area contributed by atoms with Crippen molar-refractivity contribution in [3.05, 3.63) is 12.2 Å². The molecule has 0 rings (SSSR count). The molecule has 0 atom stereocenters. The van der Waals surface area contributed by atoms with E-state index in [2.05, 4.69) is 6.92 Å². The van der Waals surface area contributed by atoms with Crippen LogP contribution in [0, 0.1) is 0 Å². The van der Waals surface area contributed by atoms with Crippen LogP contribution in [0.25, 0.3) is 0 Å². The van der Waals surface area contributed by atoms with Gasteiger partial charge in [0.2, 0.25) is 0 Å². The molecular weight excluding hydrogens is 100 g/mol. The van der Waals surface area contributed by atoms with Gasteiger partial charge in [-0.15, -0.1) is 0 Å². The summed E-state index contributed by atoms with van der Waals surface area (Å²) in [6.45, 7) is 2.08. The molecule has 0 amide bonds. The second-order valence-corrected chi connectivity index (χ2v) is 1.78. The first-order chi connectivity index (χ1) is 3.91. The highest BCUT2D eigenvalue weighted by Crippen LogP contribution is 1.93. The van der Waals surface area contributed by atoms with Gasteiger partial charge >= 0.3 is 0 Å². The Balaban J connectivity index is 2.80. The molecule has 0 spiro atoms. The van der Waals surface area contributed by atoms with Gasteiger partial charge in [0.05, 0.1) is 0 Å². The highest BCUT2D eigenvalue weighted by molar-refractivity contribution is 4.79. The quantitative estimate of drug-likeness (QED) is 0.393. The molecular formula is C7H13O. The van der Waals surface area contributed by atoms with Crippen molar-refractivity contribution in [2.75, 3.05) is 6.61 Å². The maximum Gasteiger partial charge on any atom is 0.100 e. The monoisotopic (exact) mass is 113 g/mol. The number of hydrogen-bond donors (Lipinski definition) is 0. The minimum Gasteiger partial charge on any atom is -0.232 e. The van der Waals surface area contributed by atoms with Crippen LogP contribution < -0.4 is 0 Å². The number of rotatable bonds is 4. The van der Waals surface area contributed by atoms with Crippen molar-refractivity contribution in [2.45, 2.75) is 26.2 Å². The van der Waals surface area contributed by atoms with Crippen molar-refractivity contribution in [2.24, 2.45) is 0 Å². The van der Waals surface area contributed by atoms with Gasteiger partial charge in [-0.1, -0.05) is 31.9 Å². The minimum atomic E-state index is -0.0658. The fourth-order valence-corrected chi connectivity index (χ4v) is 0.508. The third-order valence-electron chi connectivity index (χ3n) is 0.987. The zero-order chi connectivity index (χ0) is 6.24. The topological polar surface area (TPSA) is 19.9 Å². The van der Waals surface area contributed by atoms with Crippen molar-refractivity contribution >= 4 is 0 Å². The van der Waals surface area contributed by atoms with Gasteiger partial charge in [0.15, 0.2) is 0 Å². The van der Waals surface area contributed by atoms with Crippen LogP contribution in [0.3, 0.4) is 0 Å². The van der Waals surface area contributed by atoms with Gasteiger partial charge < -0.3 is 0 Å². The summed E-state index contributed by atoms with van der Waals surface area (Å²) in [7, 11) is 0. The summed E-state index contributed by atoms with van der Waals surface area (Å²) in [6.07, 6.45) is 7.12. The van der Waals surface area contributed by atoms with Crippen LogP contribution >= 0.6 is 0 Å². The molecule has 0 aliphatic heterocycles. The molecule has 0 N–H and O–H groups in total. The van der Waals surface area contributed by atoms with E-state index >= 15 is 0 Å². The first-order valence-corrected chi connectivity index (χ1v) is 3.15. The van der Waals surface area contributed by atoms with Crippen LogP contribution in [-0.2, 0) is 5.11 Å². The Bertz CT molecular complexity index is 57.4. The molecule has 8 heavy (non-hydrogen) atoms. The number of allylic oxidation sites excluding steroid dienone is 1. The van der Waals surface area contributed by atoms with E-state index in [4.69, 9.17) is 0 Å². The van der Waals surface area contributed by atoms with E-state index in [9.17, 15) is 5.11 Å². The van der Waals surface area contributed by atoms with Gasteiger partial charge in [-0.2, -0.15) is 0 Å².